The van der Waals surface area contributed by atoms with E-state index in [2.05, 4.69) is 58.4 Å². The van der Waals surface area contributed by atoms with Crippen LogP contribution in [0.4, 0.5) is 14.9 Å². The van der Waals surface area contributed by atoms with Crippen molar-refractivity contribution in [3.63, 3.8) is 0 Å². The Labute approximate surface area is 346 Å². The Morgan fingerprint density at radius 3 is 1.09 bits per heavy atom. The van der Waals surface area contributed by atoms with Gasteiger partial charge in [0, 0.05) is 101 Å². The fourth-order valence-electron chi connectivity index (χ4n) is 6.51. The maximum atomic E-state index is 13.8. The number of halogens is 1. The van der Waals surface area contributed by atoms with Gasteiger partial charge in [0.25, 0.3) is 0 Å². The molecule has 0 heterocycles. The molecule has 0 saturated heterocycles. The molecule has 1 aromatic rings. The molecule has 0 radical (unpaired) electrons. The summed E-state index contributed by atoms with van der Waals surface area (Å²) in [5, 5.41) is 1.08. The predicted octanol–water partition coefficient (Wildman–Crippen LogP) is 7.37. The van der Waals surface area contributed by atoms with Crippen LogP contribution in [0.15, 0.2) is 24.3 Å². The smallest absolute Gasteiger partial charge is 0.417 e. The van der Waals surface area contributed by atoms with Gasteiger partial charge in [0.2, 0.25) is 0 Å². The summed E-state index contributed by atoms with van der Waals surface area (Å²) in [5.74, 6) is 0. The zero-order valence-corrected chi connectivity index (χ0v) is 45.6. The molecule has 0 aliphatic carbocycles. The summed E-state index contributed by atoms with van der Waals surface area (Å²) in [6.07, 6.45) is -1.51. The highest BCUT2D eigenvalue weighted by Crippen LogP contribution is 2.38. The molecule has 0 aliphatic rings. The lowest BCUT2D eigenvalue weighted by molar-refractivity contribution is 0.124. The number of carbonyl (C=O) groups excluding carboxylic acids is 1. The molecule has 0 saturated carbocycles. The van der Waals surface area contributed by atoms with Gasteiger partial charge < -0.3 is 52.2 Å². The lowest BCUT2D eigenvalue weighted by Crippen LogP contribution is -2.63. The summed E-state index contributed by atoms with van der Waals surface area (Å²) in [6.45, 7) is 17.7. The third-order valence-electron chi connectivity index (χ3n) is 10.5. The molecule has 0 aromatic heterocycles. The molecule has 56 heavy (non-hydrogen) atoms. The summed E-state index contributed by atoms with van der Waals surface area (Å²) >= 11 is 0. The van der Waals surface area contributed by atoms with E-state index in [0.717, 1.165) is 16.1 Å². The number of hydrogen-bond donors (Lipinski definition) is 0. The van der Waals surface area contributed by atoms with Crippen molar-refractivity contribution in [3.05, 3.63) is 24.3 Å². The summed E-state index contributed by atoms with van der Waals surface area (Å²) < 4.78 is 88.9. The Kier molecular flexibility index (Phi) is 21.8. The van der Waals surface area contributed by atoms with Crippen LogP contribution < -0.4 is 10.1 Å². The van der Waals surface area contributed by atoms with Crippen molar-refractivity contribution in [2.24, 2.45) is 0 Å². The van der Waals surface area contributed by atoms with E-state index in [9.17, 15) is 9.18 Å². The third kappa shape index (κ3) is 16.0. The maximum absolute atomic E-state index is 13.8. The van der Waals surface area contributed by atoms with Gasteiger partial charge >= 0.3 is 41.4 Å². The quantitative estimate of drug-likeness (QED) is 0.0451. The molecule has 0 spiro atoms. The molecule has 1 amide bonds. The highest BCUT2D eigenvalue weighted by atomic mass is 28.5. The lowest BCUT2D eigenvalue weighted by Gasteiger charge is -2.46. The zero-order chi connectivity index (χ0) is 43.3. The maximum Gasteiger partial charge on any atom is 0.499 e. The van der Waals surface area contributed by atoms with Crippen LogP contribution in [0.25, 0.3) is 0 Å². The average molecular weight is 937 g/mol. The molecule has 0 N–H and O–H groups in total. The molecule has 0 atom stereocenters. The van der Waals surface area contributed by atoms with Gasteiger partial charge in [0.05, 0.1) is 8.07 Å². The van der Waals surface area contributed by atoms with Gasteiger partial charge in [0.15, 0.2) is 25.0 Å². The van der Waals surface area contributed by atoms with Gasteiger partial charge in [-0.25, -0.2) is 4.79 Å². The number of hydrogen-bond acceptors (Lipinski definition) is 13. The fraction of sp³-hybridized carbons (Fsp3) is 0.788. The van der Waals surface area contributed by atoms with Gasteiger partial charge in [0.1, 0.15) is 0 Å². The van der Waals surface area contributed by atoms with Gasteiger partial charge in [-0.05, 0) is 75.6 Å². The number of nitrogens with zero attached hydrogens (tertiary/aromatic N) is 1. The van der Waals surface area contributed by atoms with E-state index in [1.54, 1.807) is 70.1 Å². The van der Waals surface area contributed by atoms with Crippen molar-refractivity contribution in [2.75, 3.05) is 75.9 Å². The van der Waals surface area contributed by atoms with Crippen LogP contribution in [0.2, 0.25) is 101 Å². The first kappa shape index (κ1) is 53.9. The summed E-state index contributed by atoms with van der Waals surface area (Å²) in [5.41, 5.74) is 0.504. The van der Waals surface area contributed by atoms with Crippen molar-refractivity contribution in [1.82, 2.24) is 0 Å². The second-order valence-electron chi connectivity index (χ2n) is 16.4. The number of benzene rings is 1. The Morgan fingerprint density at radius 2 is 0.804 bits per heavy atom. The number of anilines is 1. The van der Waals surface area contributed by atoms with E-state index >= 15 is 0 Å². The summed E-state index contributed by atoms with van der Waals surface area (Å²) in [6, 6.07) is 12.7. The van der Waals surface area contributed by atoms with Crippen LogP contribution in [0, 0.1) is 0 Å². The highest BCUT2D eigenvalue weighted by molar-refractivity contribution is 6.94. The summed E-state index contributed by atoms with van der Waals surface area (Å²) in [4.78, 5) is 12.7. The molecule has 0 bridgehead atoms. The Hall–Kier alpha value is -0.125. The Bertz CT molecular complexity index is 1220. The molecular formula is C33H74FNO13Si8. The molecule has 14 nitrogen and oxygen atoms in total. The number of rotatable bonds is 29. The molecular weight excluding hydrogens is 862 g/mol. The van der Waals surface area contributed by atoms with Crippen molar-refractivity contribution in [1.29, 1.82) is 0 Å². The minimum Gasteiger partial charge on any atom is -0.417 e. The Balaban J connectivity index is 3.94. The van der Waals surface area contributed by atoms with Crippen LogP contribution in [0.1, 0.15) is 0 Å². The number of amides is 1. The second-order valence-corrected chi connectivity index (χ2v) is 46.9. The van der Waals surface area contributed by atoms with E-state index in [-0.39, 0.29) is 0 Å². The first-order chi connectivity index (χ1) is 25.8. The normalized spacial score (nSPS) is 14.1. The van der Waals surface area contributed by atoms with Crippen LogP contribution in [-0.2, 0) is 52.2 Å². The first-order valence-electron chi connectivity index (χ1n) is 18.9. The second kappa shape index (κ2) is 22.6. The van der Waals surface area contributed by atoms with Crippen molar-refractivity contribution < 1.29 is 61.4 Å². The fourth-order valence-corrected chi connectivity index (χ4v) is 40.0. The van der Waals surface area contributed by atoms with Gasteiger partial charge in [-0.3, -0.25) is 4.90 Å². The highest BCUT2D eigenvalue weighted by Gasteiger charge is 2.55. The lowest BCUT2D eigenvalue weighted by atomic mass is 10.3. The zero-order valence-electron chi connectivity index (χ0n) is 37.6. The molecule has 1 rings (SSSR count). The van der Waals surface area contributed by atoms with Gasteiger partial charge in [-0.1, -0.05) is 30.4 Å². The van der Waals surface area contributed by atoms with Crippen LogP contribution >= 0.6 is 0 Å². The van der Waals surface area contributed by atoms with E-state index in [1.807, 2.05) is 12.1 Å². The largest absolute Gasteiger partial charge is 0.499 e. The first-order valence-corrected chi connectivity index (χ1v) is 39.2. The number of carbonyl (C=O) groups is 1. The Morgan fingerprint density at radius 1 is 0.500 bits per heavy atom. The SMILES string of the molecule is CO[Si](CC[Si](C)(C)O[Si](CC[Si](C)(C)c1cccc(N(C)C(=O)F)c1)(O[Si](C)(C)CC[Si](OC)(OC)OC)O[Si](C)(C)CC[Si](OC)(OC)OC)(OC)OC. The molecule has 328 valence electrons. The van der Waals surface area contributed by atoms with E-state index in [4.69, 9.17) is 52.2 Å². The van der Waals surface area contributed by atoms with E-state index in [1.165, 1.54) is 7.05 Å². The van der Waals surface area contributed by atoms with E-state index < -0.39 is 74.4 Å². The van der Waals surface area contributed by atoms with Gasteiger partial charge in [-0.2, -0.15) is 0 Å². The topological polar surface area (TPSA) is 131 Å². The van der Waals surface area contributed by atoms with Gasteiger partial charge in [-0.15, -0.1) is 4.39 Å². The average Bonchev–Trinajstić information content (AvgIpc) is 3.15. The molecule has 1 aromatic carbocycles. The van der Waals surface area contributed by atoms with Crippen molar-refractivity contribution in [2.45, 2.75) is 101 Å². The van der Waals surface area contributed by atoms with E-state index in [0.29, 0.717) is 48.0 Å². The minimum absolute atomic E-state index is 0.504. The molecule has 0 fully saturated rings. The predicted molar refractivity (Wildman–Crippen MR) is 239 cm³/mol. The third-order valence-corrected chi connectivity index (χ3v) is 39.7. The van der Waals surface area contributed by atoms with Crippen molar-refractivity contribution in [3.8, 4) is 0 Å². The van der Waals surface area contributed by atoms with Crippen LogP contribution in [0.3, 0.4) is 0 Å². The van der Waals surface area contributed by atoms with Crippen molar-refractivity contribution >= 4 is 85.3 Å². The monoisotopic (exact) mass is 935 g/mol. The molecule has 23 heteroatoms. The molecule has 0 unspecified atom stereocenters. The van der Waals surface area contributed by atoms with Crippen LogP contribution in [-0.4, -0.2) is 145 Å². The molecule has 0 aliphatic heterocycles. The van der Waals surface area contributed by atoms with Crippen LogP contribution in [0.5, 0.6) is 0 Å². The summed E-state index contributed by atoms with van der Waals surface area (Å²) in [7, 11) is -6.49. The minimum atomic E-state index is -3.60. The standard InChI is InChI=1S/C33H74FNO13Si8/c1-35(33(34)36)31-20-19-21-32(30-31)49(11,12)22-26-56(46-50(13,14)23-27-53(37-2,38-3)39-4,47-51(15,16)24-28-54(40-5,41-6)42-7)48-52(17,18)25-29-55(43-8,44-9)45-10/h19-21,30H,22-29H2,1-18H3.